The summed E-state index contributed by atoms with van der Waals surface area (Å²) in [5.74, 6) is 1.89. The van der Waals surface area contributed by atoms with Gasteiger partial charge in [0, 0.05) is 24.8 Å². The maximum Gasteiger partial charge on any atom is 0.134 e. The van der Waals surface area contributed by atoms with Gasteiger partial charge >= 0.3 is 0 Å². The Labute approximate surface area is 124 Å². The molecule has 0 bridgehead atoms. The number of benzene rings is 1. The molecule has 0 saturated heterocycles. The van der Waals surface area contributed by atoms with Gasteiger partial charge in [0.1, 0.15) is 23.2 Å². The molecule has 0 radical (unpaired) electrons. The molecule has 1 unspecified atom stereocenters. The van der Waals surface area contributed by atoms with Crippen molar-refractivity contribution in [1.29, 1.82) is 0 Å². The number of hydrogen-bond acceptors (Lipinski definition) is 3. The fourth-order valence-corrected chi connectivity index (χ4v) is 2.59. The molecule has 0 fully saturated rings. The first-order valence-corrected chi connectivity index (χ1v) is 7.39. The van der Waals surface area contributed by atoms with E-state index < -0.39 is 0 Å². The Morgan fingerprint density at radius 3 is 2.90 bits per heavy atom. The van der Waals surface area contributed by atoms with E-state index in [9.17, 15) is 0 Å². The Balaban J connectivity index is 2.03. The van der Waals surface area contributed by atoms with Crippen molar-refractivity contribution in [3.63, 3.8) is 0 Å². The Morgan fingerprint density at radius 2 is 2.19 bits per heavy atom. The normalized spacial score (nSPS) is 12.9. The molecule has 21 heavy (non-hydrogen) atoms. The van der Waals surface area contributed by atoms with Crippen LogP contribution in [0.4, 0.5) is 0 Å². The molecular weight excluding hydrogens is 262 g/mol. The summed E-state index contributed by atoms with van der Waals surface area (Å²) in [5.41, 5.74) is 2.16. The van der Waals surface area contributed by atoms with E-state index in [4.69, 9.17) is 4.42 Å². The second kappa shape index (κ2) is 5.74. The lowest BCUT2D eigenvalue weighted by Crippen LogP contribution is -2.25. The summed E-state index contributed by atoms with van der Waals surface area (Å²) in [4.78, 5) is 4.47. The third-order valence-corrected chi connectivity index (χ3v) is 3.69. The first-order chi connectivity index (χ1) is 10.2. The predicted molar refractivity (Wildman–Crippen MR) is 84.3 cm³/mol. The van der Waals surface area contributed by atoms with Crippen molar-refractivity contribution in [2.45, 2.75) is 26.3 Å². The lowest BCUT2D eigenvalue weighted by atomic mass is 10.1. The van der Waals surface area contributed by atoms with Gasteiger partial charge in [-0.2, -0.15) is 0 Å². The number of hydrogen-bond donors (Lipinski definition) is 1. The zero-order valence-electron chi connectivity index (χ0n) is 12.8. The van der Waals surface area contributed by atoms with Crippen molar-refractivity contribution in [3.05, 3.63) is 53.8 Å². The zero-order valence-corrected chi connectivity index (χ0v) is 12.8. The van der Waals surface area contributed by atoms with Crippen LogP contribution in [0.1, 0.15) is 36.5 Å². The number of furan rings is 1. The summed E-state index contributed by atoms with van der Waals surface area (Å²) >= 11 is 0. The summed E-state index contributed by atoms with van der Waals surface area (Å²) < 4.78 is 8.08. The van der Waals surface area contributed by atoms with Crippen molar-refractivity contribution in [1.82, 2.24) is 14.9 Å². The molecule has 0 saturated carbocycles. The minimum atomic E-state index is -0.0161. The Morgan fingerprint density at radius 1 is 1.33 bits per heavy atom. The fourth-order valence-electron chi connectivity index (χ4n) is 2.59. The summed E-state index contributed by atoms with van der Waals surface area (Å²) in [6.07, 6.45) is 4.85. The SMILES string of the molecule is CCCNC(c1cc2cc(C)ccc2o1)c1nccn1C. The van der Waals surface area contributed by atoms with E-state index in [0.29, 0.717) is 0 Å². The molecule has 0 aliphatic rings. The highest BCUT2D eigenvalue weighted by Crippen LogP contribution is 2.28. The van der Waals surface area contributed by atoms with E-state index in [2.05, 4.69) is 42.3 Å². The smallest absolute Gasteiger partial charge is 0.134 e. The molecule has 0 amide bonds. The van der Waals surface area contributed by atoms with Gasteiger partial charge in [0.2, 0.25) is 0 Å². The third-order valence-electron chi connectivity index (χ3n) is 3.69. The second-order valence-electron chi connectivity index (χ2n) is 5.47. The molecule has 4 nitrogen and oxygen atoms in total. The van der Waals surface area contributed by atoms with E-state index in [0.717, 1.165) is 35.5 Å². The molecule has 3 aromatic rings. The Kier molecular flexibility index (Phi) is 3.80. The van der Waals surface area contributed by atoms with Crippen LogP contribution in [-0.4, -0.2) is 16.1 Å². The van der Waals surface area contributed by atoms with E-state index in [1.54, 1.807) is 0 Å². The van der Waals surface area contributed by atoms with E-state index in [1.807, 2.05) is 30.1 Å². The molecular formula is C17H21N3O. The van der Waals surface area contributed by atoms with Gasteiger partial charge in [-0.05, 0) is 38.1 Å². The zero-order chi connectivity index (χ0) is 14.8. The van der Waals surface area contributed by atoms with E-state index >= 15 is 0 Å². The number of rotatable bonds is 5. The Bertz CT molecular complexity index is 741. The minimum Gasteiger partial charge on any atom is -0.459 e. The maximum absolute atomic E-state index is 6.05. The molecule has 3 rings (SSSR count). The van der Waals surface area contributed by atoms with Crippen LogP contribution < -0.4 is 5.32 Å². The monoisotopic (exact) mass is 283 g/mol. The van der Waals surface area contributed by atoms with Gasteiger partial charge in [0.05, 0.1) is 0 Å². The van der Waals surface area contributed by atoms with Crippen LogP contribution in [0.2, 0.25) is 0 Å². The second-order valence-corrected chi connectivity index (χ2v) is 5.47. The average Bonchev–Trinajstić information content (AvgIpc) is 3.06. The van der Waals surface area contributed by atoms with Crippen molar-refractivity contribution >= 4 is 11.0 Å². The van der Waals surface area contributed by atoms with Crippen molar-refractivity contribution in [2.24, 2.45) is 7.05 Å². The molecule has 0 spiro atoms. The molecule has 110 valence electrons. The molecule has 1 atom stereocenters. The van der Waals surface area contributed by atoms with Gasteiger partial charge in [-0.25, -0.2) is 4.98 Å². The van der Waals surface area contributed by atoms with E-state index in [-0.39, 0.29) is 6.04 Å². The first kappa shape index (κ1) is 13.9. The fraction of sp³-hybridized carbons (Fsp3) is 0.353. The summed E-state index contributed by atoms with van der Waals surface area (Å²) in [7, 11) is 2.01. The summed E-state index contributed by atoms with van der Waals surface area (Å²) in [6, 6.07) is 8.36. The molecule has 2 heterocycles. The first-order valence-electron chi connectivity index (χ1n) is 7.39. The summed E-state index contributed by atoms with van der Waals surface area (Å²) in [6.45, 7) is 5.18. The van der Waals surface area contributed by atoms with Crippen LogP contribution in [0.5, 0.6) is 0 Å². The number of aromatic nitrogens is 2. The lowest BCUT2D eigenvalue weighted by molar-refractivity contribution is 0.450. The molecule has 4 heteroatoms. The predicted octanol–water partition coefficient (Wildman–Crippen LogP) is 3.56. The van der Waals surface area contributed by atoms with Crippen LogP contribution >= 0.6 is 0 Å². The van der Waals surface area contributed by atoms with E-state index in [1.165, 1.54) is 5.56 Å². The number of nitrogens with zero attached hydrogens (tertiary/aromatic N) is 2. The Hall–Kier alpha value is -2.07. The molecule has 1 N–H and O–H groups in total. The van der Waals surface area contributed by atoms with Crippen molar-refractivity contribution in [2.75, 3.05) is 6.54 Å². The van der Waals surface area contributed by atoms with Gasteiger partial charge in [0.15, 0.2) is 0 Å². The van der Waals surface area contributed by atoms with Gasteiger partial charge in [-0.1, -0.05) is 18.6 Å². The van der Waals surface area contributed by atoms with Crippen molar-refractivity contribution < 1.29 is 4.42 Å². The molecule has 0 aliphatic heterocycles. The number of imidazole rings is 1. The third kappa shape index (κ3) is 2.72. The summed E-state index contributed by atoms with van der Waals surface area (Å²) in [5, 5.41) is 4.67. The molecule has 1 aromatic carbocycles. The van der Waals surface area contributed by atoms with Gasteiger partial charge in [-0.15, -0.1) is 0 Å². The highest BCUT2D eigenvalue weighted by atomic mass is 16.3. The van der Waals surface area contributed by atoms with Crippen LogP contribution in [0.25, 0.3) is 11.0 Å². The topological polar surface area (TPSA) is 43.0 Å². The lowest BCUT2D eigenvalue weighted by Gasteiger charge is -2.15. The van der Waals surface area contributed by atoms with Crippen molar-refractivity contribution in [3.8, 4) is 0 Å². The van der Waals surface area contributed by atoms with Crippen LogP contribution in [0.15, 0.2) is 41.1 Å². The van der Waals surface area contributed by atoms with Gasteiger partial charge in [-0.3, -0.25) is 0 Å². The van der Waals surface area contributed by atoms with Crippen LogP contribution in [0.3, 0.4) is 0 Å². The average molecular weight is 283 g/mol. The van der Waals surface area contributed by atoms with Gasteiger partial charge < -0.3 is 14.3 Å². The number of nitrogens with one attached hydrogen (secondary N) is 1. The largest absolute Gasteiger partial charge is 0.459 e. The number of fused-ring (bicyclic) bond motifs is 1. The minimum absolute atomic E-state index is 0.0161. The van der Waals surface area contributed by atoms with Crippen LogP contribution in [-0.2, 0) is 7.05 Å². The molecule has 0 aliphatic carbocycles. The maximum atomic E-state index is 6.05. The highest BCUT2D eigenvalue weighted by molar-refractivity contribution is 5.78. The number of aryl methyl sites for hydroxylation is 2. The highest BCUT2D eigenvalue weighted by Gasteiger charge is 2.21. The van der Waals surface area contributed by atoms with Crippen LogP contribution in [0, 0.1) is 6.92 Å². The van der Waals surface area contributed by atoms with Gasteiger partial charge in [0.25, 0.3) is 0 Å². The quantitative estimate of drug-likeness (QED) is 0.778. The standard InChI is InChI=1S/C17H21N3O/c1-4-7-18-16(17-19-8-9-20(17)3)15-11-13-10-12(2)5-6-14(13)21-15/h5-6,8-11,16,18H,4,7H2,1-3H3. The molecule has 2 aromatic heterocycles.